The second-order valence-electron chi connectivity index (χ2n) is 4.18. The maximum atomic E-state index is 12.0. The number of carbonyl (C=O) groups is 2. The Balaban J connectivity index is 2.74. The molecule has 4 N–H and O–H groups in total. The molecule has 0 fully saturated rings. The molecule has 0 unspecified atom stereocenters. The summed E-state index contributed by atoms with van der Waals surface area (Å²) in [5.74, 6) is -0.504. The van der Waals surface area contributed by atoms with E-state index in [0.29, 0.717) is 0 Å². The van der Waals surface area contributed by atoms with Gasteiger partial charge in [0.1, 0.15) is 6.04 Å². The van der Waals surface area contributed by atoms with Crippen molar-refractivity contribution in [3.8, 4) is 0 Å². The van der Waals surface area contributed by atoms with Gasteiger partial charge in [0, 0.05) is 0 Å². The first-order chi connectivity index (χ1) is 9.58. The van der Waals surface area contributed by atoms with Gasteiger partial charge < -0.3 is 20.8 Å². The lowest BCUT2D eigenvalue weighted by molar-refractivity contribution is -0.124. The molecule has 0 aromatic heterocycles. The van der Waals surface area contributed by atoms with Crippen LogP contribution in [0.3, 0.4) is 0 Å². The Kier molecular flexibility index (Phi) is 6.25. The van der Waals surface area contributed by atoms with Crippen LogP contribution in [0.4, 0.5) is 4.79 Å². The first-order valence-corrected chi connectivity index (χ1v) is 6.15. The fraction of sp³-hybridized carbons (Fsp3) is 0.286. The number of hydrogen-bond acceptors (Lipinski definition) is 3. The van der Waals surface area contributed by atoms with Crippen LogP contribution in [0.1, 0.15) is 18.0 Å². The minimum atomic E-state index is -1.28. The van der Waals surface area contributed by atoms with E-state index in [1.54, 1.807) is 24.3 Å². The van der Waals surface area contributed by atoms with Gasteiger partial charge in [-0.3, -0.25) is 4.79 Å². The lowest BCUT2D eigenvalue weighted by Crippen LogP contribution is -2.47. The van der Waals surface area contributed by atoms with Gasteiger partial charge in [0.25, 0.3) is 0 Å². The lowest BCUT2D eigenvalue weighted by Gasteiger charge is -2.21. The Morgan fingerprint density at radius 2 is 1.90 bits per heavy atom. The van der Waals surface area contributed by atoms with Crippen molar-refractivity contribution in [1.29, 1.82) is 0 Å². The SMILES string of the molecule is C=CC[C@@H](NC(=O)O)C(=O)N[C@@H](CO)c1ccccc1. The summed E-state index contributed by atoms with van der Waals surface area (Å²) in [6.45, 7) is 3.21. The average molecular weight is 278 g/mol. The molecule has 108 valence electrons. The van der Waals surface area contributed by atoms with E-state index in [2.05, 4.69) is 17.2 Å². The number of rotatable bonds is 7. The molecule has 20 heavy (non-hydrogen) atoms. The van der Waals surface area contributed by atoms with Crippen molar-refractivity contribution >= 4 is 12.0 Å². The summed E-state index contributed by atoms with van der Waals surface area (Å²) < 4.78 is 0. The Morgan fingerprint density at radius 1 is 1.25 bits per heavy atom. The van der Waals surface area contributed by atoms with Gasteiger partial charge in [-0.25, -0.2) is 4.79 Å². The third kappa shape index (κ3) is 4.74. The van der Waals surface area contributed by atoms with Crippen LogP contribution < -0.4 is 10.6 Å². The van der Waals surface area contributed by atoms with Crippen LogP contribution in [-0.2, 0) is 4.79 Å². The second-order valence-corrected chi connectivity index (χ2v) is 4.18. The molecular weight excluding hydrogens is 260 g/mol. The van der Waals surface area contributed by atoms with E-state index in [9.17, 15) is 14.7 Å². The van der Waals surface area contributed by atoms with Gasteiger partial charge in [-0.2, -0.15) is 0 Å². The molecule has 6 nitrogen and oxygen atoms in total. The fourth-order valence-corrected chi connectivity index (χ4v) is 1.74. The maximum Gasteiger partial charge on any atom is 0.405 e. The van der Waals surface area contributed by atoms with Gasteiger partial charge in [-0.15, -0.1) is 6.58 Å². The highest BCUT2D eigenvalue weighted by molar-refractivity contribution is 5.85. The van der Waals surface area contributed by atoms with Crippen LogP contribution in [0, 0.1) is 0 Å². The van der Waals surface area contributed by atoms with Crippen LogP contribution in [-0.4, -0.2) is 34.9 Å². The average Bonchev–Trinajstić information content (AvgIpc) is 2.44. The molecule has 0 bridgehead atoms. The molecule has 0 spiro atoms. The van der Waals surface area contributed by atoms with Crippen molar-refractivity contribution in [3.63, 3.8) is 0 Å². The van der Waals surface area contributed by atoms with E-state index < -0.39 is 24.1 Å². The molecule has 1 aromatic rings. The molecule has 1 aromatic carbocycles. The van der Waals surface area contributed by atoms with E-state index >= 15 is 0 Å². The van der Waals surface area contributed by atoms with E-state index in [1.807, 2.05) is 6.07 Å². The van der Waals surface area contributed by atoms with Crippen molar-refractivity contribution in [2.75, 3.05) is 6.61 Å². The Labute approximate surface area is 117 Å². The maximum absolute atomic E-state index is 12.0. The largest absolute Gasteiger partial charge is 0.465 e. The number of amides is 2. The summed E-state index contributed by atoms with van der Waals surface area (Å²) in [6.07, 6.45) is 0.342. The van der Waals surface area contributed by atoms with Crippen LogP contribution in [0.15, 0.2) is 43.0 Å². The molecule has 2 amide bonds. The summed E-state index contributed by atoms with van der Waals surface area (Å²) in [6, 6.07) is 7.45. The highest BCUT2D eigenvalue weighted by atomic mass is 16.4. The van der Waals surface area contributed by atoms with E-state index in [-0.39, 0.29) is 13.0 Å². The summed E-state index contributed by atoms with van der Waals surface area (Å²) in [7, 11) is 0. The van der Waals surface area contributed by atoms with Gasteiger partial charge in [-0.1, -0.05) is 36.4 Å². The van der Waals surface area contributed by atoms with Gasteiger partial charge in [0.05, 0.1) is 12.6 Å². The molecule has 0 saturated heterocycles. The predicted molar refractivity (Wildman–Crippen MR) is 74.2 cm³/mol. The summed E-state index contributed by atoms with van der Waals surface area (Å²) in [5, 5.41) is 22.8. The Morgan fingerprint density at radius 3 is 2.40 bits per heavy atom. The minimum Gasteiger partial charge on any atom is -0.465 e. The molecule has 1 rings (SSSR count). The second kappa shape index (κ2) is 7.96. The van der Waals surface area contributed by atoms with Gasteiger partial charge in [0.15, 0.2) is 0 Å². The monoisotopic (exact) mass is 278 g/mol. The molecule has 0 saturated carbocycles. The number of carboxylic acid groups (broad SMARTS) is 1. The number of benzene rings is 1. The highest BCUT2D eigenvalue weighted by Crippen LogP contribution is 2.12. The molecule has 6 heteroatoms. The molecule has 0 radical (unpaired) electrons. The zero-order chi connectivity index (χ0) is 15.0. The van der Waals surface area contributed by atoms with E-state index in [1.165, 1.54) is 6.08 Å². The summed E-state index contributed by atoms with van der Waals surface area (Å²) in [5.41, 5.74) is 0.746. The topological polar surface area (TPSA) is 98.7 Å². The third-order valence-corrected chi connectivity index (χ3v) is 2.72. The van der Waals surface area contributed by atoms with Gasteiger partial charge >= 0.3 is 6.09 Å². The van der Waals surface area contributed by atoms with Crippen molar-refractivity contribution in [2.45, 2.75) is 18.5 Å². The number of aliphatic hydroxyl groups is 1. The van der Waals surface area contributed by atoms with Crippen LogP contribution in [0.25, 0.3) is 0 Å². The zero-order valence-electron chi connectivity index (χ0n) is 11.0. The first-order valence-electron chi connectivity index (χ1n) is 6.15. The van der Waals surface area contributed by atoms with E-state index in [0.717, 1.165) is 5.56 Å². The quantitative estimate of drug-likeness (QED) is 0.560. The molecule has 0 aliphatic rings. The van der Waals surface area contributed by atoms with E-state index in [4.69, 9.17) is 5.11 Å². The van der Waals surface area contributed by atoms with Crippen LogP contribution >= 0.6 is 0 Å². The number of aliphatic hydroxyl groups excluding tert-OH is 1. The summed E-state index contributed by atoms with van der Waals surface area (Å²) >= 11 is 0. The molecule has 0 heterocycles. The number of hydrogen-bond donors (Lipinski definition) is 4. The highest BCUT2D eigenvalue weighted by Gasteiger charge is 2.22. The van der Waals surface area contributed by atoms with Crippen molar-refractivity contribution in [2.24, 2.45) is 0 Å². The fourth-order valence-electron chi connectivity index (χ4n) is 1.74. The Hall–Kier alpha value is -2.34. The standard InChI is InChI=1S/C14H18N2O4/c1-2-6-11(16-14(19)20)13(18)15-12(9-17)10-7-4-3-5-8-10/h2-5,7-8,11-12,16-17H,1,6,9H2,(H,15,18)(H,19,20)/t11-,12+/m1/s1. The smallest absolute Gasteiger partial charge is 0.405 e. The van der Waals surface area contributed by atoms with Crippen molar-refractivity contribution in [3.05, 3.63) is 48.6 Å². The van der Waals surface area contributed by atoms with Gasteiger partial charge in [-0.05, 0) is 12.0 Å². The minimum absolute atomic E-state index is 0.172. The van der Waals surface area contributed by atoms with Gasteiger partial charge in [0.2, 0.25) is 5.91 Å². The van der Waals surface area contributed by atoms with Crippen molar-refractivity contribution in [1.82, 2.24) is 10.6 Å². The molecule has 0 aliphatic heterocycles. The Bertz CT molecular complexity index is 462. The lowest BCUT2D eigenvalue weighted by atomic mass is 10.1. The zero-order valence-corrected chi connectivity index (χ0v) is 11.0. The normalized spacial score (nSPS) is 13.1. The van der Waals surface area contributed by atoms with Crippen LogP contribution in [0.2, 0.25) is 0 Å². The predicted octanol–water partition coefficient (Wildman–Crippen LogP) is 1.05. The van der Waals surface area contributed by atoms with Crippen molar-refractivity contribution < 1.29 is 19.8 Å². The molecule has 0 aliphatic carbocycles. The van der Waals surface area contributed by atoms with Crippen LogP contribution in [0.5, 0.6) is 0 Å². The molecule has 2 atom stereocenters. The summed E-state index contributed by atoms with van der Waals surface area (Å²) in [4.78, 5) is 22.7. The molecular formula is C14H18N2O4. The number of carbonyl (C=O) groups excluding carboxylic acids is 1. The first kappa shape index (κ1) is 15.7. The number of nitrogens with one attached hydrogen (secondary N) is 2. The third-order valence-electron chi connectivity index (χ3n) is 2.72.